The lowest BCUT2D eigenvalue weighted by molar-refractivity contribution is 0.0773. The predicted molar refractivity (Wildman–Crippen MR) is 113 cm³/mol. The van der Waals surface area contributed by atoms with Crippen molar-refractivity contribution in [1.29, 1.82) is 5.26 Å². The Hall–Kier alpha value is -2.84. The van der Waals surface area contributed by atoms with Crippen molar-refractivity contribution < 1.29 is 4.79 Å². The van der Waals surface area contributed by atoms with E-state index >= 15 is 0 Å². The van der Waals surface area contributed by atoms with Crippen molar-refractivity contribution in [3.8, 4) is 6.07 Å². The molecule has 1 aliphatic heterocycles. The lowest BCUT2D eigenvalue weighted by Gasteiger charge is -2.36. The number of carbonyl (C=O) groups excluding carboxylic acids is 1. The second kappa shape index (κ2) is 9.38. The van der Waals surface area contributed by atoms with Crippen LogP contribution in [-0.2, 0) is 0 Å². The molecule has 146 valence electrons. The fourth-order valence-electron chi connectivity index (χ4n) is 3.82. The van der Waals surface area contributed by atoms with Crippen molar-refractivity contribution in [2.24, 2.45) is 0 Å². The minimum atomic E-state index is 0.0662. The standard InChI is InChI=1S/C23H28N4O/c1-3-26(4-2)23(28)19-8-10-20(11-9-19)27(21-12-14-25-15-13-21)22-7-5-6-18(16-22)17-24/h5-11,16,21,25H,3-4,12-15H2,1-2H3. The molecule has 0 aliphatic carbocycles. The van der Waals surface area contributed by atoms with Gasteiger partial charge in [-0.25, -0.2) is 0 Å². The fraction of sp³-hybridized carbons (Fsp3) is 0.391. The van der Waals surface area contributed by atoms with E-state index in [1.54, 1.807) is 0 Å². The second-order valence-electron chi connectivity index (χ2n) is 7.04. The average molecular weight is 377 g/mol. The van der Waals surface area contributed by atoms with Crippen LogP contribution in [0.15, 0.2) is 48.5 Å². The molecule has 1 amide bonds. The number of piperidine rings is 1. The summed E-state index contributed by atoms with van der Waals surface area (Å²) in [6, 6.07) is 18.2. The smallest absolute Gasteiger partial charge is 0.253 e. The summed E-state index contributed by atoms with van der Waals surface area (Å²) in [7, 11) is 0. The van der Waals surface area contributed by atoms with Crippen molar-refractivity contribution in [1.82, 2.24) is 10.2 Å². The minimum absolute atomic E-state index is 0.0662. The molecule has 0 spiro atoms. The van der Waals surface area contributed by atoms with Crippen molar-refractivity contribution in [2.75, 3.05) is 31.1 Å². The van der Waals surface area contributed by atoms with Crippen molar-refractivity contribution >= 4 is 17.3 Å². The minimum Gasteiger partial charge on any atom is -0.339 e. The summed E-state index contributed by atoms with van der Waals surface area (Å²) in [4.78, 5) is 16.8. The number of amides is 1. The first-order valence-electron chi connectivity index (χ1n) is 10.1. The lowest BCUT2D eigenvalue weighted by Crippen LogP contribution is -2.41. The van der Waals surface area contributed by atoms with Crippen LogP contribution in [0.1, 0.15) is 42.6 Å². The third-order valence-corrected chi connectivity index (χ3v) is 5.37. The normalized spacial score (nSPS) is 14.3. The Balaban J connectivity index is 1.94. The van der Waals surface area contributed by atoms with E-state index in [0.717, 1.165) is 37.3 Å². The number of nitrogens with one attached hydrogen (secondary N) is 1. The number of benzene rings is 2. The number of nitrogens with zero attached hydrogens (tertiary/aromatic N) is 3. The monoisotopic (exact) mass is 376 g/mol. The Morgan fingerprint density at radius 2 is 1.75 bits per heavy atom. The number of hydrogen-bond acceptors (Lipinski definition) is 4. The van der Waals surface area contributed by atoms with Crippen molar-refractivity contribution in [3.63, 3.8) is 0 Å². The predicted octanol–water partition coefficient (Wildman–Crippen LogP) is 3.93. The van der Waals surface area contributed by atoms with E-state index in [0.29, 0.717) is 30.3 Å². The molecule has 0 bridgehead atoms. The van der Waals surface area contributed by atoms with Gasteiger partial charge in [0.15, 0.2) is 0 Å². The topological polar surface area (TPSA) is 59.4 Å². The van der Waals surface area contributed by atoms with Crippen LogP contribution < -0.4 is 10.2 Å². The molecule has 1 aliphatic rings. The molecule has 0 unspecified atom stereocenters. The Morgan fingerprint density at radius 1 is 1.07 bits per heavy atom. The highest BCUT2D eigenvalue weighted by Crippen LogP contribution is 2.32. The molecule has 2 aromatic carbocycles. The summed E-state index contributed by atoms with van der Waals surface area (Å²) in [6.07, 6.45) is 2.08. The summed E-state index contributed by atoms with van der Waals surface area (Å²) < 4.78 is 0. The van der Waals surface area contributed by atoms with Crippen LogP contribution in [0.3, 0.4) is 0 Å². The number of hydrogen-bond donors (Lipinski definition) is 1. The van der Waals surface area contributed by atoms with E-state index in [1.807, 2.05) is 61.2 Å². The maximum Gasteiger partial charge on any atom is 0.253 e. The van der Waals surface area contributed by atoms with E-state index in [1.165, 1.54) is 0 Å². The summed E-state index contributed by atoms with van der Waals surface area (Å²) >= 11 is 0. The van der Waals surface area contributed by atoms with Crippen LogP contribution >= 0.6 is 0 Å². The Bertz CT molecular complexity index is 830. The summed E-state index contributed by atoms with van der Waals surface area (Å²) in [6.45, 7) is 7.38. The van der Waals surface area contributed by atoms with Gasteiger partial charge in [0, 0.05) is 36.1 Å². The number of rotatable bonds is 6. The van der Waals surface area contributed by atoms with Gasteiger partial charge in [-0.15, -0.1) is 0 Å². The fourth-order valence-corrected chi connectivity index (χ4v) is 3.82. The summed E-state index contributed by atoms with van der Waals surface area (Å²) in [5, 5.41) is 12.7. The number of anilines is 2. The van der Waals surface area contributed by atoms with Crippen molar-refractivity contribution in [3.05, 3.63) is 59.7 Å². The molecular weight excluding hydrogens is 348 g/mol. The molecule has 0 radical (unpaired) electrons. The number of carbonyl (C=O) groups is 1. The lowest BCUT2D eigenvalue weighted by atomic mass is 10.0. The molecule has 1 fully saturated rings. The van der Waals surface area contributed by atoms with E-state index in [-0.39, 0.29) is 5.91 Å². The molecule has 2 aromatic rings. The SMILES string of the molecule is CCN(CC)C(=O)c1ccc(N(c2cccc(C#N)c2)C2CCNCC2)cc1. The Labute approximate surface area is 167 Å². The van der Waals surface area contributed by atoms with E-state index in [9.17, 15) is 10.1 Å². The first kappa shape index (κ1) is 19.9. The molecule has 0 saturated carbocycles. The third-order valence-electron chi connectivity index (χ3n) is 5.37. The van der Waals surface area contributed by atoms with E-state index in [4.69, 9.17) is 0 Å². The van der Waals surface area contributed by atoms with E-state index < -0.39 is 0 Å². The zero-order valence-corrected chi connectivity index (χ0v) is 16.7. The van der Waals surface area contributed by atoms with Gasteiger partial charge in [-0.3, -0.25) is 4.79 Å². The molecule has 3 rings (SSSR count). The molecular formula is C23H28N4O. The van der Waals surface area contributed by atoms with E-state index in [2.05, 4.69) is 22.4 Å². The van der Waals surface area contributed by atoms with Gasteiger partial charge in [0.25, 0.3) is 5.91 Å². The first-order valence-corrected chi connectivity index (χ1v) is 10.1. The van der Waals surface area contributed by atoms with Crippen LogP contribution in [0.2, 0.25) is 0 Å². The van der Waals surface area contributed by atoms with Crippen LogP contribution in [0.4, 0.5) is 11.4 Å². The molecule has 1 heterocycles. The highest BCUT2D eigenvalue weighted by Gasteiger charge is 2.23. The molecule has 1 saturated heterocycles. The highest BCUT2D eigenvalue weighted by atomic mass is 16.2. The maximum atomic E-state index is 12.6. The highest BCUT2D eigenvalue weighted by molar-refractivity contribution is 5.94. The van der Waals surface area contributed by atoms with Gasteiger partial charge >= 0.3 is 0 Å². The largest absolute Gasteiger partial charge is 0.339 e. The van der Waals surface area contributed by atoms with Crippen LogP contribution in [0.5, 0.6) is 0 Å². The van der Waals surface area contributed by atoms with Crippen LogP contribution in [-0.4, -0.2) is 43.0 Å². The zero-order valence-electron chi connectivity index (χ0n) is 16.7. The van der Waals surface area contributed by atoms with Gasteiger partial charge in [0.1, 0.15) is 0 Å². The molecule has 5 nitrogen and oxygen atoms in total. The summed E-state index contributed by atoms with van der Waals surface area (Å²) in [5.41, 5.74) is 3.44. The molecule has 0 atom stereocenters. The quantitative estimate of drug-likeness (QED) is 0.830. The van der Waals surface area contributed by atoms with Crippen LogP contribution in [0.25, 0.3) is 0 Å². The van der Waals surface area contributed by atoms with Gasteiger partial charge in [-0.2, -0.15) is 5.26 Å². The van der Waals surface area contributed by atoms with Gasteiger partial charge in [-0.1, -0.05) is 6.07 Å². The Kier molecular flexibility index (Phi) is 6.67. The maximum absolute atomic E-state index is 12.6. The zero-order chi connectivity index (χ0) is 19.9. The average Bonchev–Trinajstić information content (AvgIpc) is 2.76. The first-order chi connectivity index (χ1) is 13.7. The van der Waals surface area contributed by atoms with Gasteiger partial charge in [0.05, 0.1) is 11.6 Å². The summed E-state index contributed by atoms with van der Waals surface area (Å²) in [5.74, 6) is 0.0662. The molecule has 1 N–H and O–H groups in total. The third kappa shape index (κ3) is 4.35. The Morgan fingerprint density at radius 3 is 2.36 bits per heavy atom. The molecule has 0 aromatic heterocycles. The van der Waals surface area contributed by atoms with Gasteiger partial charge < -0.3 is 15.1 Å². The van der Waals surface area contributed by atoms with Gasteiger partial charge in [0.2, 0.25) is 0 Å². The molecule has 5 heteroatoms. The van der Waals surface area contributed by atoms with Gasteiger partial charge in [-0.05, 0) is 82.2 Å². The van der Waals surface area contributed by atoms with Crippen molar-refractivity contribution in [2.45, 2.75) is 32.7 Å². The van der Waals surface area contributed by atoms with Crippen LogP contribution in [0, 0.1) is 11.3 Å². The second-order valence-corrected chi connectivity index (χ2v) is 7.04. The molecule has 28 heavy (non-hydrogen) atoms. The number of nitriles is 1.